The summed E-state index contributed by atoms with van der Waals surface area (Å²) in [5, 5.41) is 23.6. The number of carbonyl (C=O) groups is 2. The third-order valence-corrected chi connectivity index (χ3v) is 16.9. The molecule has 436 valence electrons. The Morgan fingerprint density at radius 3 is 0.703 bits per heavy atom. The second-order valence-electron chi connectivity index (χ2n) is 18.4. The number of carboxylic acids is 2. The molecule has 31 heteroatoms. The number of carbonyl (C=O) groups excluding carboxylic acids is 2. The van der Waals surface area contributed by atoms with Crippen LogP contribution in [0, 0.1) is 0 Å². The number of hydrogen-bond acceptors (Lipinski definition) is 22. The first kappa shape index (κ1) is 76.2. The van der Waals surface area contributed by atoms with Gasteiger partial charge < -0.3 is 38.0 Å². The van der Waals surface area contributed by atoms with Crippen molar-refractivity contribution in [1.29, 1.82) is 0 Å². The first-order valence-corrected chi connectivity index (χ1v) is 30.4. The molecule has 0 aliphatic rings. The molecule has 0 saturated carbocycles. The van der Waals surface area contributed by atoms with Crippen LogP contribution in [0.25, 0.3) is 99.5 Å². The molecule has 6 aromatic carbocycles. The van der Waals surface area contributed by atoms with Gasteiger partial charge in [0.15, 0.2) is 0 Å². The molecule has 0 fully saturated rings. The van der Waals surface area contributed by atoms with Crippen molar-refractivity contribution in [2.24, 2.45) is 0 Å². The molecule has 0 amide bonds. The van der Waals surface area contributed by atoms with Crippen molar-refractivity contribution in [2.45, 2.75) is 19.6 Å². The monoisotopic (exact) mass is 1420 g/mol. The summed E-state index contributed by atoms with van der Waals surface area (Å²) in [6, 6.07) is 42.0. The topological polar surface area (TPSA) is 386 Å². The van der Waals surface area contributed by atoms with Crippen molar-refractivity contribution < 1.29 is 209 Å². The maximum atomic E-state index is 11.8. The maximum Gasteiger partial charge on any atom is 2.00 e. The summed E-state index contributed by atoms with van der Waals surface area (Å²) >= 11 is 0. The molecule has 0 saturated heterocycles. The summed E-state index contributed by atoms with van der Waals surface area (Å²) in [6.07, 6.45) is 8.50. The Bertz CT molecular complexity index is 4670. The minimum absolute atomic E-state index is 0. The van der Waals surface area contributed by atoms with E-state index in [9.17, 15) is 71.7 Å². The first-order chi connectivity index (χ1) is 40.9. The molecule has 0 radical (unpaired) electrons. The van der Waals surface area contributed by atoms with E-state index in [4.69, 9.17) is 0 Å². The number of pyridine rings is 6. The Kier molecular flexibility index (Phi) is 26.4. The van der Waals surface area contributed by atoms with Gasteiger partial charge in [-0.05, 0) is 117 Å². The molecule has 91 heavy (non-hydrogen) atoms. The van der Waals surface area contributed by atoms with Crippen LogP contribution in [-0.4, -0.2) is 93.7 Å². The van der Waals surface area contributed by atoms with Crippen LogP contribution in [0.5, 0.6) is 0 Å². The van der Waals surface area contributed by atoms with Gasteiger partial charge in [0.05, 0.1) is 65.0 Å². The van der Waals surface area contributed by atoms with Crippen LogP contribution in [0.2, 0.25) is 0 Å². The van der Waals surface area contributed by atoms with Gasteiger partial charge in [0.2, 0.25) is 0 Å². The van der Waals surface area contributed by atoms with Crippen molar-refractivity contribution >= 4 is 96.0 Å². The van der Waals surface area contributed by atoms with E-state index in [1.54, 1.807) is 97.1 Å². The second kappa shape index (κ2) is 31.6. The molecular formula is C60H34N6Na4O16RuS4. The van der Waals surface area contributed by atoms with Gasteiger partial charge >= 0.3 is 138 Å². The van der Waals surface area contributed by atoms with Gasteiger partial charge in [-0.1, -0.05) is 97.1 Å². The van der Waals surface area contributed by atoms with Crippen LogP contribution in [0.4, 0.5) is 0 Å². The van der Waals surface area contributed by atoms with E-state index >= 15 is 0 Å². The summed E-state index contributed by atoms with van der Waals surface area (Å²) in [7, 11) is -18.9. The normalized spacial score (nSPS) is 11.2. The Labute approximate surface area is 621 Å². The molecule has 12 aromatic rings. The fourth-order valence-corrected chi connectivity index (χ4v) is 12.4. The Hall–Kier alpha value is -5.54. The minimum Gasteiger partial charge on any atom is -0.744 e. The van der Waals surface area contributed by atoms with Crippen LogP contribution < -0.4 is 128 Å². The predicted octanol–water partition coefficient (Wildman–Crippen LogP) is -5.27. The van der Waals surface area contributed by atoms with Crippen molar-refractivity contribution in [3.63, 3.8) is 0 Å². The van der Waals surface area contributed by atoms with Crippen LogP contribution in [0.3, 0.4) is 0 Å². The third kappa shape index (κ3) is 16.9. The van der Waals surface area contributed by atoms with Crippen molar-refractivity contribution in [3.05, 3.63) is 218 Å². The number of aromatic nitrogens is 6. The standard InChI is InChI=1S/2C24H16N2O6S2.C12H8N2O4.4Na.Ru/c2*27-33(28,29)21-7-3-1-5-17(21)15-11-13-25-23-19(15)9-10-20-16(12-14-26-24(20)23)18-6-2-4-8-22(18)34(30,31)32;15-11(16)7-1-3-13-9(5-7)10-6-8(12(17)18)2-4-14-10;;;;;/h2*1-14H,(H,27,28,29)(H,30,31,32);1-6H,(H,15,16)(H,17,18);;;;;/q;;;4*+1;+2/p-6. The molecule has 0 aliphatic carbocycles. The number of hydrogen-bond donors (Lipinski definition) is 0. The predicted molar refractivity (Wildman–Crippen MR) is 304 cm³/mol. The first-order valence-electron chi connectivity index (χ1n) is 24.8. The zero-order chi connectivity index (χ0) is 61.3. The summed E-state index contributed by atoms with van der Waals surface area (Å²) in [5.41, 5.74) is 4.99. The molecule has 0 atom stereocenters. The zero-order valence-corrected chi connectivity index (χ0v) is 60.8. The van der Waals surface area contributed by atoms with E-state index in [0.717, 1.165) is 0 Å². The van der Waals surface area contributed by atoms with Crippen LogP contribution >= 0.6 is 0 Å². The fourth-order valence-electron chi connectivity index (χ4n) is 9.62. The zero-order valence-electron chi connectivity index (χ0n) is 47.8. The van der Waals surface area contributed by atoms with Crippen molar-refractivity contribution in [2.75, 3.05) is 0 Å². The van der Waals surface area contributed by atoms with E-state index < -0.39 is 52.4 Å². The third-order valence-electron chi connectivity index (χ3n) is 13.3. The molecule has 6 aromatic heterocycles. The van der Waals surface area contributed by atoms with Gasteiger partial charge in [-0.2, -0.15) is 0 Å². The van der Waals surface area contributed by atoms with Gasteiger partial charge in [0.1, 0.15) is 40.5 Å². The largest absolute Gasteiger partial charge is 2.00 e. The average Bonchev–Trinajstić information content (AvgIpc) is 0.773. The van der Waals surface area contributed by atoms with Crippen LogP contribution in [0.15, 0.2) is 227 Å². The number of fused-ring (bicyclic) bond motifs is 6. The smallest absolute Gasteiger partial charge is 0.744 e. The van der Waals surface area contributed by atoms with Crippen LogP contribution in [-0.2, 0) is 60.0 Å². The molecule has 0 N–H and O–H groups in total. The minimum atomic E-state index is -4.73. The summed E-state index contributed by atoms with van der Waals surface area (Å²) in [5.74, 6) is -2.68. The number of carboxylic acid groups (broad SMARTS) is 2. The number of benzene rings is 6. The molecule has 0 spiro atoms. The van der Waals surface area contributed by atoms with E-state index in [0.29, 0.717) is 65.9 Å². The van der Waals surface area contributed by atoms with Gasteiger partial charge in [0.25, 0.3) is 0 Å². The van der Waals surface area contributed by atoms with Crippen molar-refractivity contribution in [1.82, 2.24) is 29.9 Å². The molecule has 0 aliphatic heterocycles. The summed E-state index contributed by atoms with van der Waals surface area (Å²) in [4.78, 5) is 45.5. The number of aromatic carboxylic acids is 2. The second-order valence-corrected chi connectivity index (χ2v) is 23.8. The molecule has 22 nitrogen and oxygen atoms in total. The Morgan fingerprint density at radius 2 is 0.495 bits per heavy atom. The van der Waals surface area contributed by atoms with Gasteiger partial charge in [-0.3, -0.25) is 29.9 Å². The Balaban J connectivity index is 0.000000252. The average molecular weight is 1420 g/mol. The van der Waals surface area contributed by atoms with E-state index in [1.807, 2.05) is 0 Å². The summed E-state index contributed by atoms with van der Waals surface area (Å²) in [6.45, 7) is 0. The van der Waals surface area contributed by atoms with Crippen molar-refractivity contribution in [3.8, 4) is 55.9 Å². The molecular weight excluding hydrogens is 1380 g/mol. The van der Waals surface area contributed by atoms with E-state index in [-0.39, 0.29) is 202 Å². The quantitative estimate of drug-likeness (QED) is 0.0663. The van der Waals surface area contributed by atoms with Gasteiger partial charge in [-0.25, -0.2) is 33.7 Å². The van der Waals surface area contributed by atoms with Gasteiger partial charge in [-0.15, -0.1) is 0 Å². The SMILES string of the molecule is O=C([O-])c1ccnc(-c2cc(C(=O)[O-])ccn2)c1.O=S(=O)([O-])c1ccccc1-c1ccnc2c1ccc1c(-c3ccccc3S(=O)(=O)[O-])ccnc12.O=S(=O)([O-])c1ccccc1-c1ccnc2c1ccc1c(-c3ccccc3S(=O)(=O)[O-])ccnc12.[Na+].[Na+].[Na+].[Na+].[Ru+2]. The molecule has 6 heterocycles. The number of nitrogens with zero attached hydrogens (tertiary/aromatic N) is 6. The van der Waals surface area contributed by atoms with Crippen LogP contribution in [0.1, 0.15) is 20.7 Å². The molecule has 0 bridgehead atoms. The number of rotatable bonds is 11. The molecule has 0 unspecified atom stereocenters. The maximum absolute atomic E-state index is 11.8. The fraction of sp³-hybridized carbons (Fsp3) is 0. The Morgan fingerprint density at radius 1 is 0.286 bits per heavy atom. The summed E-state index contributed by atoms with van der Waals surface area (Å²) < 4.78 is 142. The van der Waals surface area contributed by atoms with E-state index in [1.165, 1.54) is 110 Å². The van der Waals surface area contributed by atoms with E-state index in [2.05, 4.69) is 29.9 Å². The van der Waals surface area contributed by atoms with Gasteiger partial charge in [0, 0.05) is 69.9 Å². The molecule has 12 rings (SSSR count).